The Kier molecular flexibility index (Phi) is 4.12. The first-order chi connectivity index (χ1) is 11.8. The summed E-state index contributed by atoms with van der Waals surface area (Å²) in [7, 11) is 0. The molecule has 1 aliphatic rings. The van der Waals surface area contributed by atoms with Crippen LogP contribution in [0.3, 0.4) is 0 Å². The number of benzene rings is 2. The number of hydrogen-bond donors (Lipinski definition) is 1. The molecule has 0 saturated carbocycles. The molecular weight excluding hydrogens is 339 g/mol. The van der Waals surface area contributed by atoms with Crippen LogP contribution in [0.15, 0.2) is 36.4 Å². The van der Waals surface area contributed by atoms with Crippen LogP contribution >= 0.6 is 0 Å². The number of carbonyl (C=O) groups is 2. The number of alkyl halides is 3. The predicted octanol–water partition coefficient (Wildman–Crippen LogP) is 3.89. The molecule has 2 aromatic rings. The minimum atomic E-state index is -4.48. The zero-order chi connectivity index (χ0) is 18.2. The van der Waals surface area contributed by atoms with Crippen LogP contribution < -0.4 is 14.8 Å². The molecule has 2 aromatic carbocycles. The highest BCUT2D eigenvalue weighted by atomic mass is 19.4. The highest BCUT2D eigenvalue weighted by Gasteiger charge is 2.30. The molecule has 0 spiro atoms. The molecule has 0 aliphatic carbocycles. The minimum absolute atomic E-state index is 0.00296. The van der Waals surface area contributed by atoms with Crippen molar-refractivity contribution in [3.05, 3.63) is 53.1 Å². The van der Waals surface area contributed by atoms with E-state index in [9.17, 15) is 22.8 Å². The van der Waals surface area contributed by atoms with Crippen molar-refractivity contribution >= 4 is 17.4 Å². The summed E-state index contributed by atoms with van der Waals surface area (Å²) >= 11 is 0. The van der Waals surface area contributed by atoms with Crippen LogP contribution in [0.4, 0.5) is 18.9 Å². The Hall–Kier alpha value is -3.03. The maximum absolute atomic E-state index is 12.6. The zero-order valence-corrected chi connectivity index (χ0v) is 12.9. The number of nitrogens with one attached hydrogen (secondary N) is 1. The van der Waals surface area contributed by atoms with Gasteiger partial charge in [0.15, 0.2) is 17.3 Å². The number of rotatable bonds is 3. The molecule has 1 N–H and O–H groups in total. The number of Topliss-reactive ketones (excluding diaryl/α,β-unsaturated/α-hetero) is 1. The first-order valence-electron chi connectivity index (χ1n) is 7.19. The lowest BCUT2D eigenvalue weighted by molar-refractivity contribution is -0.137. The number of amides is 1. The Balaban J connectivity index is 1.87. The Bertz CT molecular complexity index is 844. The molecule has 1 amide bonds. The fourth-order valence-electron chi connectivity index (χ4n) is 2.34. The van der Waals surface area contributed by atoms with Gasteiger partial charge in [0.1, 0.15) is 0 Å². The van der Waals surface area contributed by atoms with Crippen LogP contribution in [0.2, 0.25) is 0 Å². The van der Waals surface area contributed by atoms with Crippen LogP contribution in [-0.2, 0) is 6.18 Å². The van der Waals surface area contributed by atoms with Crippen molar-refractivity contribution in [2.24, 2.45) is 0 Å². The standard InChI is InChI=1S/C17H12F3NO4/c1-9(22)12-6-14-15(25-8-24-14)7-13(12)21-16(23)10-2-4-11(5-3-10)17(18,19)20/h2-7H,8H2,1H3,(H,21,23). The van der Waals surface area contributed by atoms with E-state index in [4.69, 9.17) is 9.47 Å². The van der Waals surface area contributed by atoms with Crippen molar-refractivity contribution in [2.45, 2.75) is 13.1 Å². The summed E-state index contributed by atoms with van der Waals surface area (Å²) in [6.07, 6.45) is -4.48. The number of fused-ring (bicyclic) bond motifs is 1. The second kappa shape index (κ2) is 6.12. The topological polar surface area (TPSA) is 64.6 Å². The average molecular weight is 351 g/mol. The van der Waals surface area contributed by atoms with Gasteiger partial charge in [-0.15, -0.1) is 0 Å². The van der Waals surface area contributed by atoms with E-state index in [2.05, 4.69) is 5.32 Å². The van der Waals surface area contributed by atoms with E-state index >= 15 is 0 Å². The van der Waals surface area contributed by atoms with Gasteiger partial charge in [-0.25, -0.2) is 0 Å². The van der Waals surface area contributed by atoms with Gasteiger partial charge < -0.3 is 14.8 Å². The molecule has 130 valence electrons. The molecule has 3 rings (SSSR count). The molecule has 1 aliphatic heterocycles. The van der Waals surface area contributed by atoms with Gasteiger partial charge in [-0.05, 0) is 37.3 Å². The van der Waals surface area contributed by atoms with Gasteiger partial charge in [0.25, 0.3) is 5.91 Å². The summed E-state index contributed by atoms with van der Waals surface area (Å²) in [5.41, 5.74) is -0.414. The Morgan fingerprint density at radius 1 is 1.04 bits per heavy atom. The van der Waals surface area contributed by atoms with Gasteiger partial charge in [-0.2, -0.15) is 13.2 Å². The Morgan fingerprint density at radius 3 is 2.20 bits per heavy atom. The highest BCUT2D eigenvalue weighted by molar-refractivity contribution is 6.09. The molecule has 0 aromatic heterocycles. The van der Waals surface area contributed by atoms with Crippen LogP contribution in [0, 0.1) is 0 Å². The van der Waals surface area contributed by atoms with Crippen LogP contribution in [0.5, 0.6) is 11.5 Å². The fourth-order valence-corrected chi connectivity index (χ4v) is 2.34. The largest absolute Gasteiger partial charge is 0.454 e. The van der Waals surface area contributed by atoms with E-state index in [1.807, 2.05) is 0 Å². The van der Waals surface area contributed by atoms with E-state index in [1.54, 1.807) is 0 Å². The second-order valence-corrected chi connectivity index (χ2v) is 5.34. The van der Waals surface area contributed by atoms with Gasteiger partial charge in [0.05, 0.1) is 11.3 Å². The third kappa shape index (κ3) is 3.42. The Morgan fingerprint density at radius 2 is 1.64 bits per heavy atom. The molecular formula is C17H12F3NO4. The highest BCUT2D eigenvalue weighted by Crippen LogP contribution is 2.37. The van der Waals surface area contributed by atoms with Gasteiger partial charge >= 0.3 is 6.18 Å². The number of hydrogen-bond acceptors (Lipinski definition) is 4. The van der Waals surface area contributed by atoms with Crippen molar-refractivity contribution in [1.82, 2.24) is 0 Å². The van der Waals surface area contributed by atoms with Gasteiger partial charge in [-0.1, -0.05) is 0 Å². The molecule has 8 heteroatoms. The third-order valence-corrected chi connectivity index (χ3v) is 3.61. The van der Waals surface area contributed by atoms with Crippen molar-refractivity contribution in [1.29, 1.82) is 0 Å². The molecule has 0 fully saturated rings. The lowest BCUT2D eigenvalue weighted by atomic mass is 10.1. The maximum atomic E-state index is 12.6. The van der Waals surface area contributed by atoms with E-state index in [-0.39, 0.29) is 29.4 Å². The predicted molar refractivity (Wildman–Crippen MR) is 82.0 cm³/mol. The monoisotopic (exact) mass is 351 g/mol. The smallest absolute Gasteiger partial charge is 0.416 e. The van der Waals surface area contributed by atoms with E-state index in [0.717, 1.165) is 24.3 Å². The summed E-state index contributed by atoms with van der Waals surface area (Å²) in [6.45, 7) is 1.33. The lowest BCUT2D eigenvalue weighted by Gasteiger charge is -2.11. The number of anilines is 1. The number of ketones is 1. The van der Waals surface area contributed by atoms with E-state index < -0.39 is 17.6 Å². The average Bonchev–Trinajstić information content (AvgIpc) is 3.00. The number of halogens is 3. The molecule has 0 saturated heterocycles. The summed E-state index contributed by atoms with van der Waals surface area (Å²) in [4.78, 5) is 24.0. The van der Waals surface area contributed by atoms with Crippen molar-refractivity contribution < 1.29 is 32.2 Å². The lowest BCUT2D eigenvalue weighted by Crippen LogP contribution is -2.15. The second-order valence-electron chi connectivity index (χ2n) is 5.34. The van der Waals surface area contributed by atoms with Crippen LogP contribution in [-0.4, -0.2) is 18.5 Å². The molecule has 0 bridgehead atoms. The quantitative estimate of drug-likeness (QED) is 0.852. The molecule has 0 unspecified atom stereocenters. The van der Waals surface area contributed by atoms with Gasteiger partial charge in [-0.3, -0.25) is 9.59 Å². The van der Waals surface area contributed by atoms with E-state index in [0.29, 0.717) is 11.5 Å². The molecule has 0 radical (unpaired) electrons. The van der Waals surface area contributed by atoms with Crippen LogP contribution in [0.1, 0.15) is 33.2 Å². The first kappa shape index (κ1) is 16.8. The first-order valence-corrected chi connectivity index (χ1v) is 7.19. The summed E-state index contributed by atoms with van der Waals surface area (Å²) in [5.74, 6) is -0.193. The number of ether oxygens (including phenoxy) is 2. The normalized spacial score (nSPS) is 12.8. The third-order valence-electron chi connectivity index (χ3n) is 3.61. The SMILES string of the molecule is CC(=O)c1cc2c(cc1NC(=O)c1ccc(C(F)(F)F)cc1)OCO2. The molecule has 5 nitrogen and oxygen atoms in total. The van der Waals surface area contributed by atoms with Crippen molar-refractivity contribution in [3.63, 3.8) is 0 Å². The van der Waals surface area contributed by atoms with Crippen molar-refractivity contribution in [2.75, 3.05) is 12.1 Å². The maximum Gasteiger partial charge on any atom is 0.416 e. The van der Waals surface area contributed by atoms with E-state index in [1.165, 1.54) is 19.1 Å². The summed E-state index contributed by atoms with van der Waals surface area (Å²) in [5, 5.41) is 2.52. The Labute approximate surface area is 140 Å². The fraction of sp³-hybridized carbons (Fsp3) is 0.176. The van der Waals surface area contributed by atoms with Crippen molar-refractivity contribution in [3.8, 4) is 11.5 Å². The molecule has 25 heavy (non-hydrogen) atoms. The minimum Gasteiger partial charge on any atom is -0.454 e. The number of carbonyl (C=O) groups excluding carboxylic acids is 2. The van der Waals surface area contributed by atoms with Crippen LogP contribution in [0.25, 0.3) is 0 Å². The summed E-state index contributed by atoms with van der Waals surface area (Å²) in [6, 6.07) is 6.67. The molecule has 1 heterocycles. The zero-order valence-electron chi connectivity index (χ0n) is 12.9. The summed E-state index contributed by atoms with van der Waals surface area (Å²) < 4.78 is 48.1. The van der Waals surface area contributed by atoms with Gasteiger partial charge in [0.2, 0.25) is 6.79 Å². The molecule has 0 atom stereocenters. The van der Waals surface area contributed by atoms with Gasteiger partial charge in [0, 0.05) is 17.2 Å².